The summed E-state index contributed by atoms with van der Waals surface area (Å²) in [5.74, 6) is -1.59. The number of nitrogens with one attached hydrogen (secondary N) is 1. The summed E-state index contributed by atoms with van der Waals surface area (Å²) in [6.45, 7) is 8.42. The quantitative estimate of drug-likeness (QED) is 0.886. The van der Waals surface area contributed by atoms with Crippen LogP contribution in [0.5, 0.6) is 0 Å². The number of benzene rings is 1. The number of carboxylic acids is 1. The van der Waals surface area contributed by atoms with Crippen LogP contribution in [0.15, 0.2) is 30.3 Å². The van der Waals surface area contributed by atoms with E-state index in [4.69, 9.17) is 5.11 Å². The van der Waals surface area contributed by atoms with Crippen molar-refractivity contribution in [1.82, 2.24) is 4.57 Å². The highest BCUT2D eigenvalue weighted by molar-refractivity contribution is 6.05. The summed E-state index contributed by atoms with van der Waals surface area (Å²) in [6.07, 6.45) is 0. The molecule has 1 atom stereocenters. The minimum absolute atomic E-state index is 0.156. The molecule has 23 heavy (non-hydrogen) atoms. The van der Waals surface area contributed by atoms with Gasteiger partial charge in [0.15, 0.2) is 0 Å². The fourth-order valence-electron chi connectivity index (χ4n) is 2.71. The zero-order valence-electron chi connectivity index (χ0n) is 13.9. The number of hydrogen-bond donors (Lipinski definition) is 2. The van der Waals surface area contributed by atoms with Crippen molar-refractivity contribution in [3.05, 3.63) is 52.8 Å². The molecule has 1 amide bonds. The van der Waals surface area contributed by atoms with Gasteiger partial charge in [0.1, 0.15) is 0 Å². The fraction of sp³-hybridized carbons (Fsp3) is 0.333. The van der Waals surface area contributed by atoms with Crippen LogP contribution >= 0.6 is 0 Å². The number of carboxylic acid groups (broad SMARTS) is 1. The molecule has 0 radical (unpaired) electrons. The average molecular weight is 314 g/mol. The van der Waals surface area contributed by atoms with Gasteiger partial charge in [-0.1, -0.05) is 12.1 Å². The summed E-state index contributed by atoms with van der Waals surface area (Å²) in [5, 5.41) is 11.9. The van der Waals surface area contributed by atoms with E-state index in [9.17, 15) is 9.59 Å². The first-order valence-electron chi connectivity index (χ1n) is 7.66. The van der Waals surface area contributed by atoms with Gasteiger partial charge in [0.25, 0.3) is 5.91 Å². The Hall–Kier alpha value is -2.56. The predicted molar refractivity (Wildman–Crippen MR) is 90.0 cm³/mol. The van der Waals surface area contributed by atoms with Gasteiger partial charge in [-0.25, -0.2) is 0 Å². The van der Waals surface area contributed by atoms with E-state index in [2.05, 4.69) is 9.88 Å². The molecule has 0 spiro atoms. The van der Waals surface area contributed by atoms with Crippen LogP contribution in [0.2, 0.25) is 0 Å². The van der Waals surface area contributed by atoms with Crippen LogP contribution in [0.1, 0.15) is 47.1 Å². The molecule has 5 heteroatoms. The summed E-state index contributed by atoms with van der Waals surface area (Å²) in [7, 11) is 0. The van der Waals surface area contributed by atoms with E-state index in [0.29, 0.717) is 16.8 Å². The van der Waals surface area contributed by atoms with Crippen molar-refractivity contribution in [2.45, 2.75) is 40.2 Å². The summed E-state index contributed by atoms with van der Waals surface area (Å²) in [4.78, 5) is 23.4. The van der Waals surface area contributed by atoms with Crippen molar-refractivity contribution in [1.29, 1.82) is 0 Å². The van der Waals surface area contributed by atoms with E-state index >= 15 is 0 Å². The number of carbonyl (C=O) groups is 2. The molecule has 122 valence electrons. The lowest BCUT2D eigenvalue weighted by molar-refractivity contribution is -0.138. The van der Waals surface area contributed by atoms with Gasteiger partial charge in [0.2, 0.25) is 0 Å². The van der Waals surface area contributed by atoms with Crippen molar-refractivity contribution in [3.63, 3.8) is 0 Å². The number of hydrogen-bond acceptors (Lipinski definition) is 2. The van der Waals surface area contributed by atoms with Crippen LogP contribution in [0, 0.1) is 13.8 Å². The molecule has 0 aliphatic rings. The van der Waals surface area contributed by atoms with E-state index in [0.717, 1.165) is 17.9 Å². The van der Waals surface area contributed by atoms with E-state index in [1.807, 2.05) is 26.8 Å². The zero-order valence-corrected chi connectivity index (χ0v) is 13.9. The van der Waals surface area contributed by atoms with Crippen LogP contribution in [0.4, 0.5) is 5.69 Å². The minimum atomic E-state index is -0.867. The summed E-state index contributed by atoms with van der Waals surface area (Å²) < 4.78 is 2.09. The predicted octanol–water partition coefficient (Wildman–Crippen LogP) is 3.57. The first-order chi connectivity index (χ1) is 10.8. The third-order valence-corrected chi connectivity index (χ3v) is 4.17. The van der Waals surface area contributed by atoms with Gasteiger partial charge >= 0.3 is 5.97 Å². The van der Waals surface area contributed by atoms with Crippen LogP contribution in [-0.2, 0) is 11.3 Å². The summed E-state index contributed by atoms with van der Waals surface area (Å²) in [5.41, 5.74) is 4.02. The Labute approximate surface area is 135 Å². The fourth-order valence-corrected chi connectivity index (χ4v) is 2.71. The van der Waals surface area contributed by atoms with Gasteiger partial charge in [-0.3, -0.25) is 9.59 Å². The van der Waals surface area contributed by atoms with Gasteiger partial charge in [-0.2, -0.15) is 0 Å². The average Bonchev–Trinajstić information content (AvgIpc) is 2.81. The normalized spacial score (nSPS) is 12.0. The number of anilines is 1. The molecule has 0 aliphatic carbocycles. The Balaban J connectivity index is 2.16. The maximum atomic E-state index is 12.4. The van der Waals surface area contributed by atoms with Gasteiger partial charge in [0, 0.05) is 23.6 Å². The Kier molecular flexibility index (Phi) is 4.89. The molecule has 2 rings (SSSR count). The lowest BCUT2D eigenvalue weighted by Crippen LogP contribution is -2.13. The van der Waals surface area contributed by atoms with Crippen molar-refractivity contribution in [3.8, 4) is 0 Å². The van der Waals surface area contributed by atoms with Crippen molar-refractivity contribution < 1.29 is 14.7 Å². The lowest BCUT2D eigenvalue weighted by Gasteiger charge is -2.09. The standard InChI is InChI=1S/C18H22N2O3/c1-5-20-11(2)10-16(13(20)4)17(21)19-15-8-6-14(7-9-15)12(3)18(22)23/h6-10,12H,5H2,1-4H3,(H,19,21)(H,22,23). The number of aryl methyl sites for hydroxylation is 1. The number of nitrogens with zero attached hydrogens (tertiary/aromatic N) is 1. The maximum Gasteiger partial charge on any atom is 0.310 e. The van der Waals surface area contributed by atoms with Crippen molar-refractivity contribution in [2.24, 2.45) is 0 Å². The molecule has 0 saturated carbocycles. The van der Waals surface area contributed by atoms with Crippen molar-refractivity contribution in [2.75, 3.05) is 5.32 Å². The topological polar surface area (TPSA) is 71.3 Å². The number of carbonyl (C=O) groups excluding carboxylic acids is 1. The Morgan fingerprint density at radius 1 is 1.22 bits per heavy atom. The molecule has 5 nitrogen and oxygen atoms in total. The lowest BCUT2D eigenvalue weighted by atomic mass is 10.0. The molecule has 0 aliphatic heterocycles. The molecule has 1 unspecified atom stereocenters. The molecule has 1 aromatic heterocycles. The highest BCUT2D eigenvalue weighted by atomic mass is 16.4. The van der Waals surface area contributed by atoms with Crippen LogP contribution in [0.25, 0.3) is 0 Å². The monoisotopic (exact) mass is 314 g/mol. The first-order valence-corrected chi connectivity index (χ1v) is 7.66. The first kappa shape index (κ1) is 16.8. The summed E-state index contributed by atoms with van der Waals surface area (Å²) >= 11 is 0. The van der Waals surface area contributed by atoms with E-state index in [-0.39, 0.29) is 5.91 Å². The van der Waals surface area contributed by atoms with E-state index in [1.54, 1.807) is 31.2 Å². The number of rotatable bonds is 5. The molecular formula is C18H22N2O3. The SMILES string of the molecule is CCn1c(C)cc(C(=O)Nc2ccc(C(C)C(=O)O)cc2)c1C. The van der Waals surface area contributed by atoms with E-state index in [1.165, 1.54) is 0 Å². The van der Waals surface area contributed by atoms with Crippen LogP contribution in [-0.4, -0.2) is 21.6 Å². The van der Waals surface area contributed by atoms with Crippen LogP contribution in [0.3, 0.4) is 0 Å². The second-order valence-corrected chi connectivity index (χ2v) is 5.67. The third-order valence-electron chi connectivity index (χ3n) is 4.17. The summed E-state index contributed by atoms with van der Waals surface area (Å²) in [6, 6.07) is 8.79. The maximum absolute atomic E-state index is 12.4. The molecule has 0 saturated heterocycles. The highest BCUT2D eigenvalue weighted by Crippen LogP contribution is 2.20. The Bertz CT molecular complexity index is 729. The molecular weight excluding hydrogens is 292 g/mol. The van der Waals surface area contributed by atoms with Gasteiger partial charge in [-0.15, -0.1) is 0 Å². The second-order valence-electron chi connectivity index (χ2n) is 5.67. The van der Waals surface area contributed by atoms with Crippen molar-refractivity contribution >= 4 is 17.6 Å². The van der Waals surface area contributed by atoms with Gasteiger partial charge < -0.3 is 15.0 Å². The highest BCUT2D eigenvalue weighted by Gasteiger charge is 2.16. The number of aliphatic carboxylic acids is 1. The Morgan fingerprint density at radius 3 is 2.30 bits per heavy atom. The molecule has 0 bridgehead atoms. The minimum Gasteiger partial charge on any atom is -0.481 e. The zero-order chi connectivity index (χ0) is 17.1. The molecule has 1 heterocycles. The Morgan fingerprint density at radius 2 is 1.83 bits per heavy atom. The number of aromatic nitrogens is 1. The smallest absolute Gasteiger partial charge is 0.310 e. The number of amides is 1. The second kappa shape index (κ2) is 6.69. The van der Waals surface area contributed by atoms with Crippen LogP contribution < -0.4 is 5.32 Å². The van der Waals surface area contributed by atoms with E-state index < -0.39 is 11.9 Å². The third kappa shape index (κ3) is 3.44. The largest absolute Gasteiger partial charge is 0.481 e. The molecule has 0 fully saturated rings. The molecule has 2 aromatic rings. The molecule has 1 aromatic carbocycles. The van der Waals surface area contributed by atoms with Gasteiger partial charge in [-0.05, 0) is 51.5 Å². The van der Waals surface area contributed by atoms with Gasteiger partial charge in [0.05, 0.1) is 11.5 Å². The molecule has 2 N–H and O–H groups in total.